The van der Waals surface area contributed by atoms with E-state index in [4.69, 9.17) is 16.3 Å². The summed E-state index contributed by atoms with van der Waals surface area (Å²) in [5, 5.41) is 6.49. The zero-order chi connectivity index (χ0) is 14.8. The summed E-state index contributed by atoms with van der Waals surface area (Å²) in [6, 6.07) is 7.39. The molecule has 0 saturated heterocycles. The Labute approximate surface area is 125 Å². The number of carbonyl (C=O) groups excluding carboxylic acids is 1. The Balaban J connectivity index is 2.36. The second kappa shape index (κ2) is 9.61. The molecule has 1 rings (SSSR count). The van der Waals surface area contributed by atoms with Crippen molar-refractivity contribution in [3.8, 4) is 0 Å². The molecule has 112 valence electrons. The first-order valence-corrected chi connectivity index (χ1v) is 7.42. The molecule has 1 atom stereocenters. The van der Waals surface area contributed by atoms with Crippen LogP contribution in [0.3, 0.4) is 0 Å². The lowest BCUT2D eigenvalue weighted by Crippen LogP contribution is -2.38. The molecule has 0 aliphatic heterocycles. The average molecular weight is 299 g/mol. The van der Waals surface area contributed by atoms with Crippen molar-refractivity contribution in [3.05, 3.63) is 34.9 Å². The molecule has 4 nitrogen and oxygen atoms in total. The Morgan fingerprint density at radius 2 is 2.00 bits per heavy atom. The summed E-state index contributed by atoms with van der Waals surface area (Å²) >= 11 is 5.86. The molecular formula is C15H23ClN2O2. The van der Waals surface area contributed by atoms with Crippen LogP contribution in [0.4, 0.5) is 4.79 Å². The number of urea groups is 1. The molecule has 1 unspecified atom stereocenters. The van der Waals surface area contributed by atoms with Crippen LogP contribution in [0.5, 0.6) is 0 Å². The second-order valence-corrected chi connectivity index (χ2v) is 4.90. The molecule has 2 N–H and O–H groups in total. The van der Waals surface area contributed by atoms with Gasteiger partial charge in [-0.2, -0.15) is 0 Å². The van der Waals surface area contributed by atoms with E-state index in [0.717, 1.165) is 18.4 Å². The van der Waals surface area contributed by atoms with Crippen LogP contribution in [-0.4, -0.2) is 25.8 Å². The van der Waals surface area contributed by atoms with Crippen LogP contribution < -0.4 is 10.6 Å². The molecule has 0 aromatic heterocycles. The van der Waals surface area contributed by atoms with Gasteiger partial charge in [0.2, 0.25) is 0 Å². The molecule has 0 radical (unpaired) electrons. The third-order valence-electron chi connectivity index (χ3n) is 2.94. The van der Waals surface area contributed by atoms with Crippen LogP contribution in [0.25, 0.3) is 0 Å². The number of nitrogens with one attached hydrogen (secondary N) is 2. The van der Waals surface area contributed by atoms with E-state index in [1.54, 1.807) is 0 Å². The van der Waals surface area contributed by atoms with Gasteiger partial charge in [0.15, 0.2) is 0 Å². The van der Waals surface area contributed by atoms with E-state index >= 15 is 0 Å². The highest BCUT2D eigenvalue weighted by atomic mass is 35.5. The van der Waals surface area contributed by atoms with Crippen molar-refractivity contribution in [2.75, 3.05) is 19.8 Å². The summed E-state index contributed by atoms with van der Waals surface area (Å²) in [4.78, 5) is 11.8. The van der Waals surface area contributed by atoms with Crippen LogP contribution in [0, 0.1) is 0 Å². The fourth-order valence-electron chi connectivity index (χ4n) is 1.85. The van der Waals surface area contributed by atoms with Crippen molar-refractivity contribution < 1.29 is 9.53 Å². The summed E-state index contributed by atoms with van der Waals surface area (Å²) in [5.41, 5.74) is 1.06. The highest BCUT2D eigenvalue weighted by molar-refractivity contribution is 6.30. The lowest BCUT2D eigenvalue weighted by molar-refractivity contribution is 0.145. The Bertz CT molecular complexity index is 395. The summed E-state index contributed by atoms with van der Waals surface area (Å²) in [6.07, 6.45) is 1.65. The molecule has 2 amide bonds. The maximum atomic E-state index is 11.8. The fraction of sp³-hybridized carbons (Fsp3) is 0.533. The molecule has 0 fully saturated rings. The van der Waals surface area contributed by atoms with Crippen LogP contribution in [-0.2, 0) is 4.74 Å². The SMILES string of the molecule is CCOCCCNC(=O)NC(CC)c1ccc(Cl)cc1. The number of halogens is 1. The first-order chi connectivity index (χ1) is 9.67. The van der Waals surface area contributed by atoms with Gasteiger partial charge in [0.05, 0.1) is 6.04 Å². The topological polar surface area (TPSA) is 50.4 Å². The third kappa shape index (κ3) is 6.26. The fourth-order valence-corrected chi connectivity index (χ4v) is 1.97. The van der Waals surface area contributed by atoms with Crippen molar-refractivity contribution in [3.63, 3.8) is 0 Å². The van der Waals surface area contributed by atoms with E-state index in [-0.39, 0.29) is 12.1 Å². The standard InChI is InChI=1S/C15H23ClN2O2/c1-3-14(12-6-8-13(16)9-7-12)18-15(19)17-10-5-11-20-4-2/h6-9,14H,3-5,10-11H2,1-2H3,(H2,17,18,19). The van der Waals surface area contributed by atoms with Crippen molar-refractivity contribution in [1.82, 2.24) is 10.6 Å². The zero-order valence-electron chi connectivity index (χ0n) is 12.1. The number of hydrogen-bond donors (Lipinski definition) is 2. The summed E-state index contributed by atoms with van der Waals surface area (Å²) in [7, 11) is 0. The maximum Gasteiger partial charge on any atom is 0.315 e. The smallest absolute Gasteiger partial charge is 0.315 e. The number of rotatable bonds is 8. The molecule has 1 aromatic rings. The van der Waals surface area contributed by atoms with E-state index in [1.807, 2.05) is 38.1 Å². The van der Waals surface area contributed by atoms with E-state index in [2.05, 4.69) is 10.6 Å². The highest BCUT2D eigenvalue weighted by Crippen LogP contribution is 2.18. The molecule has 20 heavy (non-hydrogen) atoms. The van der Waals surface area contributed by atoms with Gasteiger partial charge in [0, 0.05) is 24.8 Å². The molecular weight excluding hydrogens is 276 g/mol. The largest absolute Gasteiger partial charge is 0.382 e. The minimum Gasteiger partial charge on any atom is -0.382 e. The van der Waals surface area contributed by atoms with Gasteiger partial charge in [-0.3, -0.25) is 0 Å². The zero-order valence-corrected chi connectivity index (χ0v) is 12.9. The van der Waals surface area contributed by atoms with Crippen LogP contribution in [0.2, 0.25) is 5.02 Å². The Kier molecular flexibility index (Phi) is 8.07. The van der Waals surface area contributed by atoms with Gasteiger partial charge in [0.25, 0.3) is 0 Å². The van der Waals surface area contributed by atoms with Crippen molar-refractivity contribution in [2.45, 2.75) is 32.7 Å². The predicted molar refractivity (Wildman–Crippen MR) is 82.1 cm³/mol. The first-order valence-electron chi connectivity index (χ1n) is 7.05. The van der Waals surface area contributed by atoms with Gasteiger partial charge in [0.1, 0.15) is 0 Å². The van der Waals surface area contributed by atoms with Crippen LogP contribution >= 0.6 is 11.6 Å². The van der Waals surface area contributed by atoms with Crippen molar-refractivity contribution in [2.24, 2.45) is 0 Å². The lowest BCUT2D eigenvalue weighted by Gasteiger charge is -2.18. The van der Waals surface area contributed by atoms with Gasteiger partial charge in [-0.15, -0.1) is 0 Å². The molecule has 0 aliphatic rings. The van der Waals surface area contributed by atoms with Gasteiger partial charge in [-0.1, -0.05) is 30.7 Å². The summed E-state index contributed by atoms with van der Waals surface area (Å²) in [6.45, 7) is 5.99. The van der Waals surface area contributed by atoms with Crippen LogP contribution in [0.1, 0.15) is 38.3 Å². The summed E-state index contributed by atoms with van der Waals surface area (Å²) in [5.74, 6) is 0. The molecule has 0 spiro atoms. The molecule has 1 aromatic carbocycles. The van der Waals surface area contributed by atoms with Gasteiger partial charge < -0.3 is 15.4 Å². The van der Waals surface area contributed by atoms with Crippen molar-refractivity contribution in [1.29, 1.82) is 0 Å². The Morgan fingerprint density at radius 1 is 1.30 bits per heavy atom. The molecule has 0 heterocycles. The normalized spacial score (nSPS) is 11.9. The number of hydrogen-bond acceptors (Lipinski definition) is 2. The quantitative estimate of drug-likeness (QED) is 0.722. The summed E-state index contributed by atoms with van der Waals surface area (Å²) < 4.78 is 5.21. The highest BCUT2D eigenvalue weighted by Gasteiger charge is 2.11. The van der Waals surface area contributed by atoms with E-state index < -0.39 is 0 Å². The molecule has 0 saturated carbocycles. The number of benzene rings is 1. The Hall–Kier alpha value is -1.26. The maximum absolute atomic E-state index is 11.8. The predicted octanol–water partition coefficient (Wildman–Crippen LogP) is 3.52. The van der Waals surface area contributed by atoms with Gasteiger partial charge in [-0.25, -0.2) is 4.79 Å². The van der Waals surface area contributed by atoms with Crippen LogP contribution in [0.15, 0.2) is 24.3 Å². The number of ether oxygens (including phenoxy) is 1. The number of amides is 2. The third-order valence-corrected chi connectivity index (χ3v) is 3.19. The number of carbonyl (C=O) groups is 1. The second-order valence-electron chi connectivity index (χ2n) is 4.46. The Morgan fingerprint density at radius 3 is 2.60 bits per heavy atom. The molecule has 0 aliphatic carbocycles. The average Bonchev–Trinajstić information content (AvgIpc) is 2.45. The van der Waals surface area contributed by atoms with Gasteiger partial charge >= 0.3 is 6.03 Å². The van der Waals surface area contributed by atoms with E-state index in [0.29, 0.717) is 24.8 Å². The molecule has 5 heteroatoms. The van der Waals surface area contributed by atoms with E-state index in [9.17, 15) is 4.79 Å². The van der Waals surface area contributed by atoms with Gasteiger partial charge in [-0.05, 0) is 37.5 Å². The van der Waals surface area contributed by atoms with Crippen molar-refractivity contribution >= 4 is 17.6 Å². The molecule has 0 bridgehead atoms. The van der Waals surface area contributed by atoms with E-state index in [1.165, 1.54) is 0 Å². The first kappa shape index (κ1) is 16.8. The lowest BCUT2D eigenvalue weighted by atomic mass is 10.1. The minimum absolute atomic E-state index is 0.000779. The monoisotopic (exact) mass is 298 g/mol. The minimum atomic E-state index is -0.150.